The topological polar surface area (TPSA) is 49.7 Å². The molecule has 3 nitrogen and oxygen atoms in total. The Labute approximate surface area is 345 Å². The molecule has 0 aliphatic carbocycles. The quantitative estimate of drug-likeness (QED) is 0.103. The van der Waals surface area contributed by atoms with Crippen LogP contribution in [-0.2, 0) is 6.42 Å². The summed E-state index contributed by atoms with van der Waals surface area (Å²) in [6.07, 6.45) is 38.4. The third-order valence-corrected chi connectivity index (χ3v) is 11.6. The number of rotatable bonds is 24. The first-order valence-corrected chi connectivity index (χ1v) is 21.9. The van der Waals surface area contributed by atoms with Crippen molar-refractivity contribution in [2.24, 2.45) is 0 Å². The molecule has 0 saturated heterocycles. The fraction of sp³-hybridized carbons (Fsp3) is 0.585. The summed E-state index contributed by atoms with van der Waals surface area (Å²) in [5.41, 5.74) is 12.3. The first-order valence-electron chi connectivity index (χ1n) is 21.9. The van der Waals surface area contributed by atoms with E-state index < -0.39 is 5.60 Å². The Balaban J connectivity index is 1.62. The molecule has 0 spiro atoms. The van der Waals surface area contributed by atoms with Crippen LogP contribution in [0.3, 0.4) is 0 Å². The fourth-order valence-corrected chi connectivity index (χ4v) is 7.33. The lowest BCUT2D eigenvalue weighted by Crippen LogP contribution is -2.36. The summed E-state index contributed by atoms with van der Waals surface area (Å²) in [4.78, 5) is 0. The summed E-state index contributed by atoms with van der Waals surface area (Å²) in [5, 5.41) is 21.0. The highest BCUT2D eigenvalue weighted by Gasteiger charge is 2.32. The predicted octanol–water partition coefficient (Wildman–Crippen LogP) is 15.9. The smallest absolute Gasteiger partial charge is 0.126 e. The van der Waals surface area contributed by atoms with Gasteiger partial charge in [-0.05, 0) is 215 Å². The van der Waals surface area contributed by atoms with E-state index in [1.807, 2.05) is 26.0 Å². The number of aryl methyl sites for hydroxylation is 1. The van der Waals surface area contributed by atoms with Crippen molar-refractivity contribution in [1.29, 1.82) is 0 Å². The van der Waals surface area contributed by atoms with Crippen molar-refractivity contribution >= 4 is 0 Å². The maximum atomic E-state index is 10.8. The minimum Gasteiger partial charge on any atom is -0.508 e. The molecule has 2 atom stereocenters. The van der Waals surface area contributed by atoms with Gasteiger partial charge < -0.3 is 14.9 Å². The molecule has 0 fully saturated rings. The Morgan fingerprint density at radius 2 is 1.11 bits per heavy atom. The summed E-state index contributed by atoms with van der Waals surface area (Å²) in [5.74, 6) is 1.37. The number of fused-ring (bicyclic) bond motifs is 1. The molecule has 1 heterocycles. The third kappa shape index (κ3) is 20.2. The molecule has 0 saturated carbocycles. The predicted molar refractivity (Wildman–Crippen MR) is 246 cm³/mol. The number of aliphatic hydroxyl groups is 1. The van der Waals surface area contributed by atoms with Gasteiger partial charge in [-0.1, -0.05) is 93.7 Å². The maximum absolute atomic E-state index is 10.8. The molecule has 56 heavy (non-hydrogen) atoms. The molecule has 312 valence electrons. The zero-order valence-corrected chi connectivity index (χ0v) is 38.1. The SMILES string of the molecule is CC(C)=CCCC(C)=CCCC(C)(O)C=CCC(C)=CCCC(C)=CCCC(C)=CCCC(C)=CCCC(C)=CCCC1(C)CCc2cc(O)c(C)c(C)c2O1. The lowest BCUT2D eigenvalue weighted by Gasteiger charge is -2.37. The number of allylic oxidation sites excluding steroid dienone is 15. The van der Waals surface area contributed by atoms with E-state index in [-0.39, 0.29) is 5.60 Å². The van der Waals surface area contributed by atoms with Crippen LogP contribution in [0.5, 0.6) is 11.5 Å². The van der Waals surface area contributed by atoms with E-state index in [0.717, 1.165) is 132 Å². The van der Waals surface area contributed by atoms with Gasteiger partial charge in [0.15, 0.2) is 0 Å². The van der Waals surface area contributed by atoms with Gasteiger partial charge in [0.25, 0.3) is 0 Å². The van der Waals surface area contributed by atoms with Crippen LogP contribution >= 0.6 is 0 Å². The van der Waals surface area contributed by atoms with Crippen molar-refractivity contribution in [1.82, 2.24) is 0 Å². The van der Waals surface area contributed by atoms with Gasteiger partial charge in [-0.2, -0.15) is 0 Å². The Morgan fingerprint density at radius 3 is 1.61 bits per heavy atom. The average Bonchev–Trinajstić information content (AvgIpc) is 3.11. The van der Waals surface area contributed by atoms with Gasteiger partial charge >= 0.3 is 0 Å². The molecule has 0 bridgehead atoms. The molecular weight excluding hydrogens is 685 g/mol. The van der Waals surface area contributed by atoms with E-state index in [1.54, 1.807) is 0 Å². The number of aromatic hydroxyl groups is 1. The Kier molecular flexibility index (Phi) is 21.9. The van der Waals surface area contributed by atoms with Gasteiger partial charge in [0.1, 0.15) is 17.1 Å². The number of ether oxygens (including phenoxy) is 1. The molecule has 2 rings (SSSR count). The molecular formula is C53H82O3. The molecule has 2 unspecified atom stereocenters. The highest BCUT2D eigenvalue weighted by Crippen LogP contribution is 2.42. The standard InChI is InChI=1S/C53H82O3/c1-40(2)21-13-22-44(6)31-18-35-52(11,55)36-19-32-45(7)29-16-27-42(4)25-14-23-41(3)24-15-26-43(5)28-17-30-46(8)33-20-37-53(12)38-34-49-39-50(54)47(9)48(10)51(49)56-53/h19,21,24-25,28-29,31,33,36,39,54-55H,13-18,20,22-23,26-27,30,32,34-35,37-38H2,1-12H3. The largest absolute Gasteiger partial charge is 0.508 e. The van der Waals surface area contributed by atoms with Gasteiger partial charge in [0.05, 0.1) is 5.60 Å². The van der Waals surface area contributed by atoms with Gasteiger partial charge in [0.2, 0.25) is 0 Å². The Bertz CT molecular complexity index is 1630. The lowest BCUT2D eigenvalue weighted by atomic mass is 9.87. The molecule has 3 heteroatoms. The fourth-order valence-electron chi connectivity index (χ4n) is 7.33. The van der Waals surface area contributed by atoms with Crippen molar-refractivity contribution in [2.45, 2.75) is 203 Å². The van der Waals surface area contributed by atoms with Crippen LogP contribution in [0.4, 0.5) is 0 Å². The van der Waals surface area contributed by atoms with Crippen molar-refractivity contribution in [3.8, 4) is 11.5 Å². The summed E-state index contributed by atoms with van der Waals surface area (Å²) >= 11 is 0. The van der Waals surface area contributed by atoms with Crippen LogP contribution in [0.25, 0.3) is 0 Å². The van der Waals surface area contributed by atoms with Crippen LogP contribution in [0, 0.1) is 13.8 Å². The number of hydrogen-bond donors (Lipinski definition) is 2. The van der Waals surface area contributed by atoms with Gasteiger partial charge in [0, 0.05) is 0 Å². The van der Waals surface area contributed by atoms with E-state index in [9.17, 15) is 10.2 Å². The maximum Gasteiger partial charge on any atom is 0.126 e. The second kappa shape index (κ2) is 25.1. The van der Waals surface area contributed by atoms with Crippen molar-refractivity contribution in [3.63, 3.8) is 0 Å². The van der Waals surface area contributed by atoms with Crippen molar-refractivity contribution in [2.75, 3.05) is 0 Å². The summed E-state index contributed by atoms with van der Waals surface area (Å²) in [7, 11) is 0. The molecule has 1 aromatic carbocycles. The first-order chi connectivity index (χ1) is 26.4. The zero-order valence-electron chi connectivity index (χ0n) is 38.1. The molecule has 1 aliphatic heterocycles. The molecule has 1 aromatic rings. The van der Waals surface area contributed by atoms with Crippen molar-refractivity contribution < 1.29 is 14.9 Å². The number of benzene rings is 1. The van der Waals surface area contributed by atoms with Crippen LogP contribution in [0.2, 0.25) is 0 Å². The van der Waals surface area contributed by atoms with Gasteiger partial charge in [-0.3, -0.25) is 0 Å². The highest BCUT2D eigenvalue weighted by molar-refractivity contribution is 5.53. The number of phenolic OH excluding ortho intramolecular Hbond substituents is 1. The highest BCUT2D eigenvalue weighted by atomic mass is 16.5. The second-order valence-electron chi connectivity index (χ2n) is 18.0. The van der Waals surface area contributed by atoms with E-state index in [4.69, 9.17) is 4.74 Å². The number of phenols is 1. The van der Waals surface area contributed by atoms with Crippen molar-refractivity contribution in [3.05, 3.63) is 116 Å². The Morgan fingerprint density at radius 1 is 0.661 bits per heavy atom. The third-order valence-electron chi connectivity index (χ3n) is 11.6. The lowest BCUT2D eigenvalue weighted by molar-refractivity contribution is 0.0560. The molecule has 0 radical (unpaired) electrons. The Hall–Kier alpha value is -3.30. The van der Waals surface area contributed by atoms with Crippen LogP contribution in [-0.4, -0.2) is 21.4 Å². The van der Waals surface area contributed by atoms with E-state index >= 15 is 0 Å². The second-order valence-corrected chi connectivity index (χ2v) is 18.0. The monoisotopic (exact) mass is 767 g/mol. The summed E-state index contributed by atoms with van der Waals surface area (Å²) in [6, 6.07) is 1.89. The zero-order chi connectivity index (χ0) is 41.7. The molecule has 0 amide bonds. The van der Waals surface area contributed by atoms with E-state index in [1.165, 1.54) is 39.0 Å². The molecule has 0 aromatic heterocycles. The minimum atomic E-state index is -0.761. The van der Waals surface area contributed by atoms with Crippen LogP contribution < -0.4 is 4.74 Å². The summed E-state index contributed by atoms with van der Waals surface area (Å²) < 4.78 is 6.56. The van der Waals surface area contributed by atoms with E-state index in [2.05, 4.69) is 118 Å². The van der Waals surface area contributed by atoms with E-state index in [0.29, 0.717) is 5.75 Å². The average molecular weight is 767 g/mol. The minimum absolute atomic E-state index is 0.154. The molecule has 2 N–H and O–H groups in total. The van der Waals surface area contributed by atoms with Crippen LogP contribution in [0.1, 0.15) is 189 Å². The number of hydrogen-bond acceptors (Lipinski definition) is 3. The van der Waals surface area contributed by atoms with Gasteiger partial charge in [-0.15, -0.1) is 0 Å². The normalized spacial score (nSPS) is 18.6. The van der Waals surface area contributed by atoms with Gasteiger partial charge in [-0.25, -0.2) is 0 Å². The van der Waals surface area contributed by atoms with Crippen LogP contribution in [0.15, 0.2) is 99.8 Å². The molecule has 1 aliphatic rings. The summed E-state index contributed by atoms with van der Waals surface area (Å²) in [6.45, 7) is 26.0. The first kappa shape index (κ1) is 48.8.